The molecule has 7 heteroatoms. The predicted molar refractivity (Wildman–Crippen MR) is 88.2 cm³/mol. The van der Waals surface area contributed by atoms with Gasteiger partial charge in [-0.05, 0) is 46.2 Å². The van der Waals surface area contributed by atoms with Gasteiger partial charge in [0.25, 0.3) is 5.91 Å². The summed E-state index contributed by atoms with van der Waals surface area (Å²) in [5.74, 6) is -0.416. The molecular weight excluding hydrogens is 294 g/mol. The van der Waals surface area contributed by atoms with Crippen LogP contribution in [0.25, 0.3) is 0 Å². The Hall–Kier alpha value is -1.89. The monoisotopic (exact) mass is 321 g/mol. The minimum atomic E-state index is -0.309. The third-order valence-corrected chi connectivity index (χ3v) is 3.71. The second-order valence-corrected chi connectivity index (χ2v) is 7.14. The molecule has 0 radical (unpaired) electrons. The largest absolute Gasteiger partial charge is 0.350 e. The molecule has 0 saturated carbocycles. The normalized spacial score (nSPS) is 18.5. The SMILES string of the molecule is CN(CC(=O)NC(C)(C)C)C(=O)c1ccn(C2CCCNC2)n1. The Morgan fingerprint density at radius 1 is 1.48 bits per heavy atom. The number of nitrogens with one attached hydrogen (secondary N) is 2. The average Bonchev–Trinajstić information content (AvgIpc) is 2.95. The fraction of sp³-hybridized carbons (Fsp3) is 0.688. The van der Waals surface area contributed by atoms with Gasteiger partial charge < -0.3 is 15.5 Å². The third-order valence-electron chi connectivity index (χ3n) is 3.71. The lowest BCUT2D eigenvalue weighted by Gasteiger charge is -2.23. The minimum Gasteiger partial charge on any atom is -0.350 e. The van der Waals surface area contributed by atoms with Crippen molar-refractivity contribution in [3.63, 3.8) is 0 Å². The molecule has 0 aliphatic carbocycles. The second kappa shape index (κ2) is 7.12. The van der Waals surface area contributed by atoms with Crippen molar-refractivity contribution in [1.82, 2.24) is 25.3 Å². The van der Waals surface area contributed by atoms with Crippen molar-refractivity contribution in [2.45, 2.75) is 45.2 Å². The number of rotatable bonds is 4. The van der Waals surface area contributed by atoms with Crippen LogP contribution in [0.2, 0.25) is 0 Å². The topological polar surface area (TPSA) is 79.3 Å². The molecule has 7 nitrogen and oxygen atoms in total. The Balaban J connectivity index is 1.94. The lowest BCUT2D eigenvalue weighted by molar-refractivity contribution is -0.122. The molecule has 2 N–H and O–H groups in total. The van der Waals surface area contributed by atoms with E-state index in [0.29, 0.717) is 11.7 Å². The van der Waals surface area contributed by atoms with E-state index in [1.807, 2.05) is 31.6 Å². The third kappa shape index (κ3) is 5.06. The summed E-state index contributed by atoms with van der Waals surface area (Å²) in [6, 6.07) is 2.01. The van der Waals surface area contributed by atoms with E-state index >= 15 is 0 Å². The van der Waals surface area contributed by atoms with E-state index in [1.54, 1.807) is 13.1 Å². The Morgan fingerprint density at radius 3 is 2.83 bits per heavy atom. The first-order valence-corrected chi connectivity index (χ1v) is 8.08. The van der Waals surface area contributed by atoms with E-state index in [-0.39, 0.29) is 23.9 Å². The summed E-state index contributed by atoms with van der Waals surface area (Å²) in [6.45, 7) is 7.66. The number of carbonyl (C=O) groups is 2. The molecule has 128 valence electrons. The van der Waals surface area contributed by atoms with Crippen molar-refractivity contribution >= 4 is 11.8 Å². The van der Waals surface area contributed by atoms with Crippen molar-refractivity contribution in [3.8, 4) is 0 Å². The van der Waals surface area contributed by atoms with Crippen LogP contribution in [0.1, 0.15) is 50.1 Å². The van der Waals surface area contributed by atoms with E-state index in [1.165, 1.54) is 4.90 Å². The molecule has 23 heavy (non-hydrogen) atoms. The number of likely N-dealkylation sites (N-methyl/N-ethyl adjacent to an activating group) is 1. The highest BCUT2D eigenvalue weighted by atomic mass is 16.2. The van der Waals surface area contributed by atoms with Crippen LogP contribution < -0.4 is 10.6 Å². The number of carbonyl (C=O) groups excluding carboxylic acids is 2. The van der Waals surface area contributed by atoms with Gasteiger partial charge in [-0.25, -0.2) is 0 Å². The Morgan fingerprint density at radius 2 is 2.22 bits per heavy atom. The van der Waals surface area contributed by atoms with Crippen molar-refractivity contribution < 1.29 is 9.59 Å². The van der Waals surface area contributed by atoms with E-state index in [9.17, 15) is 9.59 Å². The molecule has 1 atom stereocenters. The first kappa shape index (κ1) is 17.5. The fourth-order valence-corrected chi connectivity index (χ4v) is 2.66. The Kier molecular flexibility index (Phi) is 5.41. The van der Waals surface area contributed by atoms with Crippen molar-refractivity contribution in [3.05, 3.63) is 18.0 Å². The van der Waals surface area contributed by atoms with Gasteiger partial charge in [0.1, 0.15) is 5.69 Å². The molecule has 1 fully saturated rings. The van der Waals surface area contributed by atoms with E-state index in [0.717, 1.165) is 25.9 Å². The zero-order chi connectivity index (χ0) is 17.0. The maximum Gasteiger partial charge on any atom is 0.274 e. The first-order chi connectivity index (χ1) is 10.8. The molecule has 1 saturated heterocycles. The summed E-state index contributed by atoms with van der Waals surface area (Å²) in [5, 5.41) is 10.6. The van der Waals surface area contributed by atoms with Gasteiger partial charge >= 0.3 is 0 Å². The van der Waals surface area contributed by atoms with Gasteiger partial charge in [-0.1, -0.05) is 0 Å². The lowest BCUT2D eigenvalue weighted by atomic mass is 10.1. The highest BCUT2D eigenvalue weighted by Gasteiger charge is 2.22. The number of aromatic nitrogens is 2. The number of amides is 2. The molecule has 1 aliphatic heterocycles. The van der Waals surface area contributed by atoms with Crippen LogP contribution in [0.5, 0.6) is 0 Å². The second-order valence-electron chi connectivity index (χ2n) is 7.14. The summed E-state index contributed by atoms with van der Waals surface area (Å²) in [4.78, 5) is 25.7. The number of nitrogens with zero attached hydrogens (tertiary/aromatic N) is 3. The first-order valence-electron chi connectivity index (χ1n) is 8.08. The maximum atomic E-state index is 12.4. The smallest absolute Gasteiger partial charge is 0.274 e. The van der Waals surface area contributed by atoms with Crippen LogP contribution in [0, 0.1) is 0 Å². The van der Waals surface area contributed by atoms with E-state index in [2.05, 4.69) is 15.7 Å². The summed E-state index contributed by atoms with van der Waals surface area (Å²) >= 11 is 0. The highest BCUT2D eigenvalue weighted by Crippen LogP contribution is 2.16. The molecule has 0 bridgehead atoms. The number of hydrogen-bond acceptors (Lipinski definition) is 4. The minimum absolute atomic E-state index is 0.0218. The van der Waals surface area contributed by atoms with E-state index < -0.39 is 0 Å². The Labute approximate surface area is 137 Å². The van der Waals surface area contributed by atoms with Crippen LogP contribution in [-0.4, -0.2) is 58.7 Å². The van der Waals surface area contributed by atoms with Crippen LogP contribution in [0.15, 0.2) is 12.3 Å². The van der Waals surface area contributed by atoms with Gasteiger partial charge in [-0.15, -0.1) is 0 Å². The Bertz CT molecular complexity index is 555. The van der Waals surface area contributed by atoms with Gasteiger partial charge in [0.05, 0.1) is 12.6 Å². The van der Waals surface area contributed by atoms with Gasteiger partial charge in [0.15, 0.2) is 0 Å². The van der Waals surface area contributed by atoms with Crippen molar-refractivity contribution in [1.29, 1.82) is 0 Å². The number of hydrogen-bond donors (Lipinski definition) is 2. The van der Waals surface area contributed by atoms with Crippen LogP contribution in [0.3, 0.4) is 0 Å². The summed E-state index contributed by atoms with van der Waals surface area (Å²) < 4.78 is 1.85. The lowest BCUT2D eigenvalue weighted by Crippen LogP contribution is -2.46. The van der Waals surface area contributed by atoms with Gasteiger partial charge in [0, 0.05) is 25.3 Å². The molecule has 1 aliphatic rings. The molecule has 1 unspecified atom stereocenters. The molecule has 0 spiro atoms. The van der Waals surface area contributed by atoms with Gasteiger partial charge in [0.2, 0.25) is 5.91 Å². The summed E-state index contributed by atoms with van der Waals surface area (Å²) in [5.41, 5.74) is 0.0675. The predicted octanol–water partition coefficient (Wildman–Crippen LogP) is 0.794. The zero-order valence-corrected chi connectivity index (χ0v) is 14.4. The van der Waals surface area contributed by atoms with Crippen molar-refractivity contribution in [2.24, 2.45) is 0 Å². The van der Waals surface area contributed by atoms with E-state index in [4.69, 9.17) is 0 Å². The molecule has 0 aromatic carbocycles. The fourth-order valence-electron chi connectivity index (χ4n) is 2.66. The van der Waals surface area contributed by atoms with Crippen LogP contribution in [-0.2, 0) is 4.79 Å². The average molecular weight is 321 g/mol. The molecule has 2 heterocycles. The standard InChI is InChI=1S/C16H27N5O2/c1-16(2,3)18-14(22)11-20(4)15(23)13-7-9-21(19-13)12-6-5-8-17-10-12/h7,9,12,17H,5-6,8,10-11H2,1-4H3,(H,18,22). The van der Waals surface area contributed by atoms with Crippen LogP contribution >= 0.6 is 0 Å². The summed E-state index contributed by atoms with van der Waals surface area (Å²) in [7, 11) is 1.62. The molecule has 1 aromatic rings. The molecule has 2 rings (SSSR count). The van der Waals surface area contributed by atoms with Gasteiger partial charge in [-0.3, -0.25) is 14.3 Å². The molecular formula is C16H27N5O2. The maximum absolute atomic E-state index is 12.4. The quantitative estimate of drug-likeness (QED) is 0.859. The number of piperidine rings is 1. The molecule has 1 aromatic heterocycles. The highest BCUT2D eigenvalue weighted by molar-refractivity contribution is 5.94. The van der Waals surface area contributed by atoms with Gasteiger partial charge in [-0.2, -0.15) is 5.10 Å². The summed E-state index contributed by atoms with van der Waals surface area (Å²) in [6.07, 6.45) is 4.01. The molecule has 2 amide bonds. The van der Waals surface area contributed by atoms with Crippen molar-refractivity contribution in [2.75, 3.05) is 26.7 Å². The zero-order valence-electron chi connectivity index (χ0n) is 14.4. The van der Waals surface area contributed by atoms with Crippen LogP contribution in [0.4, 0.5) is 0 Å².